The Kier molecular flexibility index (Phi) is 6.98. The second-order valence-corrected chi connectivity index (χ2v) is 3.88. The van der Waals surface area contributed by atoms with Crippen LogP contribution in [0.4, 0.5) is 5.82 Å². The van der Waals surface area contributed by atoms with Gasteiger partial charge in [-0.25, -0.2) is 9.97 Å². The van der Waals surface area contributed by atoms with Crippen LogP contribution >= 0.6 is 0 Å². The van der Waals surface area contributed by atoms with Gasteiger partial charge in [0.2, 0.25) is 0 Å². The maximum absolute atomic E-state index is 5.13. The quantitative estimate of drug-likeness (QED) is 0.668. The van der Waals surface area contributed by atoms with Crippen molar-refractivity contribution in [2.75, 3.05) is 38.3 Å². The fourth-order valence-electron chi connectivity index (χ4n) is 1.66. The largest absolute Gasteiger partial charge is 0.383 e. The fourth-order valence-corrected chi connectivity index (χ4v) is 1.66. The van der Waals surface area contributed by atoms with Gasteiger partial charge in [-0.05, 0) is 6.54 Å². The van der Waals surface area contributed by atoms with E-state index in [0.29, 0.717) is 6.61 Å². The summed E-state index contributed by atoms with van der Waals surface area (Å²) in [6, 6.07) is 0. The van der Waals surface area contributed by atoms with Gasteiger partial charge in [-0.15, -0.1) is 6.58 Å². The molecule has 0 radical (unpaired) electrons. The molecule has 0 saturated carbocycles. The first-order valence-corrected chi connectivity index (χ1v) is 6.17. The predicted octanol–water partition coefficient (Wildman–Crippen LogP) is 1.22. The number of ether oxygens (including phenoxy) is 1. The van der Waals surface area contributed by atoms with Crippen molar-refractivity contribution in [2.45, 2.75) is 13.5 Å². The van der Waals surface area contributed by atoms with Crippen molar-refractivity contribution in [3.63, 3.8) is 0 Å². The fraction of sp³-hybridized carbons (Fsp3) is 0.538. The van der Waals surface area contributed by atoms with Gasteiger partial charge < -0.3 is 15.0 Å². The highest BCUT2D eigenvalue weighted by molar-refractivity contribution is 5.46. The van der Waals surface area contributed by atoms with Crippen LogP contribution in [0.5, 0.6) is 0 Å². The Morgan fingerprint density at radius 1 is 1.56 bits per heavy atom. The van der Waals surface area contributed by atoms with E-state index in [-0.39, 0.29) is 0 Å². The van der Waals surface area contributed by atoms with Crippen LogP contribution in [-0.4, -0.2) is 43.3 Å². The summed E-state index contributed by atoms with van der Waals surface area (Å²) in [6.07, 6.45) is 5.30. The van der Waals surface area contributed by atoms with E-state index < -0.39 is 0 Å². The topological polar surface area (TPSA) is 50.3 Å². The Bertz CT molecular complexity index is 357. The highest BCUT2D eigenvalue weighted by Crippen LogP contribution is 2.15. The summed E-state index contributed by atoms with van der Waals surface area (Å²) in [5.74, 6) is 0.947. The van der Waals surface area contributed by atoms with E-state index in [9.17, 15) is 0 Å². The molecule has 1 aromatic heterocycles. The molecule has 18 heavy (non-hydrogen) atoms. The molecule has 100 valence electrons. The van der Waals surface area contributed by atoms with Gasteiger partial charge >= 0.3 is 0 Å². The zero-order chi connectivity index (χ0) is 13.2. The summed E-state index contributed by atoms with van der Waals surface area (Å²) in [5.41, 5.74) is 1.09. The lowest BCUT2D eigenvalue weighted by Crippen LogP contribution is -2.30. The number of methoxy groups -OCH3 is 1. The molecular weight excluding hydrogens is 228 g/mol. The van der Waals surface area contributed by atoms with Gasteiger partial charge in [-0.3, -0.25) is 0 Å². The third-order valence-corrected chi connectivity index (χ3v) is 2.54. The highest BCUT2D eigenvalue weighted by atomic mass is 16.5. The number of hydrogen-bond donors (Lipinski definition) is 1. The van der Waals surface area contributed by atoms with Crippen molar-refractivity contribution in [3.8, 4) is 0 Å². The lowest BCUT2D eigenvalue weighted by Gasteiger charge is -2.24. The standard InChI is InChI=1S/C13H22N4O/c1-4-6-17(7-8-18-3)13-12(9-14-5-2)10-15-11-16-13/h4,10-11,14H,1,5-9H2,2-3H3. The third kappa shape index (κ3) is 4.43. The molecule has 1 rings (SSSR count). The van der Waals surface area contributed by atoms with Crippen molar-refractivity contribution in [2.24, 2.45) is 0 Å². The number of hydrogen-bond acceptors (Lipinski definition) is 5. The number of nitrogens with one attached hydrogen (secondary N) is 1. The Balaban J connectivity index is 2.83. The minimum Gasteiger partial charge on any atom is -0.383 e. The molecule has 0 bridgehead atoms. The maximum atomic E-state index is 5.13. The van der Waals surface area contributed by atoms with E-state index in [2.05, 4.69) is 33.7 Å². The molecule has 0 saturated heterocycles. The van der Waals surface area contributed by atoms with Crippen molar-refractivity contribution in [1.82, 2.24) is 15.3 Å². The van der Waals surface area contributed by atoms with Gasteiger partial charge in [0.15, 0.2) is 0 Å². The first kappa shape index (κ1) is 14.6. The van der Waals surface area contributed by atoms with Crippen LogP contribution in [0.15, 0.2) is 25.2 Å². The minimum atomic E-state index is 0.665. The lowest BCUT2D eigenvalue weighted by atomic mass is 10.2. The van der Waals surface area contributed by atoms with Gasteiger partial charge in [-0.2, -0.15) is 0 Å². The molecule has 0 aliphatic carbocycles. The number of nitrogens with zero attached hydrogens (tertiary/aromatic N) is 3. The van der Waals surface area contributed by atoms with Crippen molar-refractivity contribution >= 4 is 5.82 Å². The smallest absolute Gasteiger partial charge is 0.136 e. The van der Waals surface area contributed by atoms with E-state index in [4.69, 9.17) is 4.74 Å². The van der Waals surface area contributed by atoms with E-state index >= 15 is 0 Å². The number of anilines is 1. The first-order chi connectivity index (χ1) is 8.83. The van der Waals surface area contributed by atoms with Gasteiger partial charge in [0.05, 0.1) is 6.61 Å². The zero-order valence-corrected chi connectivity index (χ0v) is 11.2. The van der Waals surface area contributed by atoms with E-state index in [1.165, 1.54) is 0 Å². The molecule has 0 atom stereocenters. The van der Waals surface area contributed by atoms with Crippen LogP contribution in [0, 0.1) is 0 Å². The van der Waals surface area contributed by atoms with E-state index in [1.54, 1.807) is 13.4 Å². The average molecular weight is 250 g/mol. The molecule has 5 heteroatoms. The third-order valence-electron chi connectivity index (χ3n) is 2.54. The Morgan fingerprint density at radius 2 is 2.39 bits per heavy atom. The van der Waals surface area contributed by atoms with Crippen LogP contribution in [0.25, 0.3) is 0 Å². The van der Waals surface area contributed by atoms with Crippen molar-refractivity contribution in [3.05, 3.63) is 30.7 Å². The molecule has 0 fully saturated rings. The normalized spacial score (nSPS) is 10.3. The summed E-state index contributed by atoms with van der Waals surface area (Å²) >= 11 is 0. The van der Waals surface area contributed by atoms with Crippen molar-refractivity contribution < 1.29 is 4.74 Å². The van der Waals surface area contributed by atoms with Gasteiger partial charge in [-0.1, -0.05) is 13.0 Å². The summed E-state index contributed by atoms with van der Waals surface area (Å²) < 4.78 is 5.13. The van der Waals surface area contributed by atoms with Gasteiger partial charge in [0.1, 0.15) is 12.1 Å². The Hall–Kier alpha value is -1.46. The van der Waals surface area contributed by atoms with Crippen LogP contribution in [-0.2, 0) is 11.3 Å². The molecule has 1 heterocycles. The van der Waals surface area contributed by atoms with Crippen LogP contribution in [0.3, 0.4) is 0 Å². The van der Waals surface area contributed by atoms with E-state index in [0.717, 1.165) is 37.6 Å². The molecule has 0 unspecified atom stereocenters. The summed E-state index contributed by atoms with van der Waals surface area (Å²) in [5, 5.41) is 3.29. The monoisotopic (exact) mass is 250 g/mol. The number of rotatable bonds is 9. The molecule has 0 aromatic carbocycles. The second kappa shape index (κ2) is 8.60. The second-order valence-electron chi connectivity index (χ2n) is 3.88. The average Bonchev–Trinajstić information content (AvgIpc) is 2.41. The number of aromatic nitrogens is 2. The van der Waals surface area contributed by atoms with Gasteiger partial charge in [0, 0.05) is 38.5 Å². The lowest BCUT2D eigenvalue weighted by molar-refractivity contribution is 0.205. The first-order valence-electron chi connectivity index (χ1n) is 6.17. The predicted molar refractivity (Wildman–Crippen MR) is 73.7 cm³/mol. The summed E-state index contributed by atoms with van der Waals surface area (Å²) in [4.78, 5) is 10.6. The molecule has 1 aromatic rings. The van der Waals surface area contributed by atoms with E-state index in [1.807, 2.05) is 12.3 Å². The minimum absolute atomic E-state index is 0.665. The molecule has 1 N–H and O–H groups in total. The van der Waals surface area contributed by atoms with Crippen LogP contribution < -0.4 is 10.2 Å². The summed E-state index contributed by atoms with van der Waals surface area (Å²) in [7, 11) is 1.70. The Labute approximate surface area is 109 Å². The zero-order valence-electron chi connectivity index (χ0n) is 11.2. The van der Waals surface area contributed by atoms with Crippen molar-refractivity contribution in [1.29, 1.82) is 0 Å². The van der Waals surface area contributed by atoms with Crippen LogP contribution in [0.1, 0.15) is 12.5 Å². The molecule has 0 aliphatic rings. The van der Waals surface area contributed by atoms with Crippen LogP contribution in [0.2, 0.25) is 0 Å². The van der Waals surface area contributed by atoms with Gasteiger partial charge in [0.25, 0.3) is 0 Å². The molecule has 5 nitrogen and oxygen atoms in total. The SMILES string of the molecule is C=CCN(CCOC)c1ncncc1CNCC. The highest BCUT2D eigenvalue weighted by Gasteiger charge is 2.11. The molecule has 0 amide bonds. The maximum Gasteiger partial charge on any atom is 0.136 e. The summed E-state index contributed by atoms with van der Waals surface area (Å²) in [6.45, 7) is 9.76. The molecule has 0 spiro atoms. The molecule has 0 aliphatic heterocycles. The Morgan fingerprint density at radius 3 is 3.06 bits per heavy atom. The molecular formula is C13H22N4O.